The molecule has 2 rings (SSSR count). The molecule has 2 aromatic carbocycles. The topological polar surface area (TPSA) is 69.7 Å². The van der Waals surface area contributed by atoms with Gasteiger partial charge in [0.15, 0.2) is 9.84 Å². The average molecular weight is 408 g/mol. The molecule has 0 aliphatic rings. The zero-order valence-electron chi connectivity index (χ0n) is 15.8. The highest BCUT2D eigenvalue weighted by atomic mass is 32.2. The van der Waals surface area contributed by atoms with Gasteiger partial charge in [0, 0.05) is 6.26 Å². The fraction of sp³-hybridized carbons (Fsp3) is 0.300. The standard InChI is InChI=1S/C20H25O5PS/c1-4-24-26(21,25-5-2)16-19-10-8-17(9-11-19)6-7-18-12-14-20(15-13-18)27(3,22)23/h6-15H,4-5,16H2,1-3H3/b7-6+. The molecule has 0 saturated carbocycles. The van der Waals surface area contributed by atoms with E-state index in [0.29, 0.717) is 18.1 Å². The molecule has 27 heavy (non-hydrogen) atoms. The van der Waals surface area contributed by atoms with Crippen molar-refractivity contribution in [1.82, 2.24) is 0 Å². The van der Waals surface area contributed by atoms with E-state index in [-0.39, 0.29) is 6.16 Å². The van der Waals surface area contributed by atoms with Crippen molar-refractivity contribution in [2.45, 2.75) is 24.9 Å². The smallest absolute Gasteiger partial charge is 0.309 e. The maximum Gasteiger partial charge on any atom is 0.335 e. The monoisotopic (exact) mass is 408 g/mol. The summed E-state index contributed by atoms with van der Waals surface area (Å²) in [6, 6.07) is 14.4. The molecule has 0 bridgehead atoms. The van der Waals surface area contributed by atoms with Crippen molar-refractivity contribution in [2.75, 3.05) is 19.5 Å². The first-order valence-corrected chi connectivity index (χ1v) is 12.3. The Morgan fingerprint density at radius 3 is 1.70 bits per heavy atom. The first kappa shape index (κ1) is 21.6. The number of hydrogen-bond donors (Lipinski definition) is 0. The molecule has 0 aromatic heterocycles. The van der Waals surface area contributed by atoms with Gasteiger partial charge in [0.05, 0.1) is 24.3 Å². The summed E-state index contributed by atoms with van der Waals surface area (Å²) in [5.41, 5.74) is 2.77. The molecule has 0 aliphatic carbocycles. The second kappa shape index (κ2) is 9.47. The predicted octanol–water partition coefficient (Wildman–Crippen LogP) is 5.03. The van der Waals surface area contributed by atoms with Gasteiger partial charge >= 0.3 is 7.60 Å². The summed E-state index contributed by atoms with van der Waals surface area (Å²) in [5.74, 6) is 0. The quantitative estimate of drug-likeness (QED) is 0.430. The largest absolute Gasteiger partial charge is 0.335 e. The van der Waals surface area contributed by atoms with E-state index in [0.717, 1.165) is 16.7 Å². The van der Waals surface area contributed by atoms with Gasteiger partial charge in [0.2, 0.25) is 0 Å². The summed E-state index contributed by atoms with van der Waals surface area (Å²) < 4.78 is 46.2. The van der Waals surface area contributed by atoms with Crippen molar-refractivity contribution in [2.24, 2.45) is 0 Å². The minimum Gasteiger partial charge on any atom is -0.309 e. The van der Waals surface area contributed by atoms with Gasteiger partial charge in [0.25, 0.3) is 0 Å². The summed E-state index contributed by atoms with van der Waals surface area (Å²) in [5, 5.41) is 0. The van der Waals surface area contributed by atoms with Crippen LogP contribution in [0.2, 0.25) is 0 Å². The molecule has 0 atom stereocenters. The Hall–Kier alpha value is -1.72. The predicted molar refractivity (Wildman–Crippen MR) is 109 cm³/mol. The second-order valence-corrected chi connectivity index (χ2v) is 10.1. The fourth-order valence-corrected chi connectivity index (χ4v) is 4.83. The summed E-state index contributed by atoms with van der Waals surface area (Å²) in [6.45, 7) is 4.27. The van der Waals surface area contributed by atoms with E-state index < -0.39 is 17.4 Å². The summed E-state index contributed by atoms with van der Waals surface area (Å²) in [4.78, 5) is 0.303. The molecule has 0 radical (unpaired) electrons. The van der Waals surface area contributed by atoms with Gasteiger partial charge in [-0.3, -0.25) is 4.57 Å². The number of hydrogen-bond acceptors (Lipinski definition) is 5. The van der Waals surface area contributed by atoms with E-state index in [1.165, 1.54) is 6.26 Å². The summed E-state index contributed by atoms with van der Waals surface area (Å²) >= 11 is 0. The first-order chi connectivity index (χ1) is 12.8. The van der Waals surface area contributed by atoms with Crippen molar-refractivity contribution in [3.63, 3.8) is 0 Å². The molecule has 5 nitrogen and oxygen atoms in total. The molecule has 0 unspecified atom stereocenters. The highest BCUT2D eigenvalue weighted by Gasteiger charge is 2.23. The third-order valence-corrected chi connectivity index (χ3v) is 6.97. The number of benzene rings is 2. The molecule has 0 spiro atoms. The Morgan fingerprint density at radius 1 is 0.852 bits per heavy atom. The molecule has 0 heterocycles. The lowest BCUT2D eigenvalue weighted by molar-refractivity contribution is 0.219. The Labute approximate surface area is 161 Å². The molecule has 7 heteroatoms. The van der Waals surface area contributed by atoms with Crippen LogP contribution in [-0.2, 0) is 29.6 Å². The van der Waals surface area contributed by atoms with Crippen LogP contribution in [-0.4, -0.2) is 27.9 Å². The van der Waals surface area contributed by atoms with Gasteiger partial charge in [0.1, 0.15) is 0 Å². The van der Waals surface area contributed by atoms with Gasteiger partial charge in [-0.1, -0.05) is 48.6 Å². The molecule has 0 saturated heterocycles. The van der Waals surface area contributed by atoms with Crippen LogP contribution in [0.3, 0.4) is 0 Å². The van der Waals surface area contributed by atoms with Crippen molar-refractivity contribution in [3.05, 3.63) is 65.2 Å². The molecular weight excluding hydrogens is 383 g/mol. The molecule has 146 valence electrons. The second-order valence-electron chi connectivity index (χ2n) is 6.02. The zero-order valence-corrected chi connectivity index (χ0v) is 17.5. The van der Waals surface area contributed by atoms with E-state index in [1.54, 1.807) is 38.1 Å². The van der Waals surface area contributed by atoms with E-state index >= 15 is 0 Å². The molecule has 0 aliphatic heterocycles. The Balaban J connectivity index is 2.06. The molecular formula is C20H25O5PS. The van der Waals surface area contributed by atoms with E-state index in [4.69, 9.17) is 9.05 Å². The summed E-state index contributed by atoms with van der Waals surface area (Å²) in [7, 11) is -6.29. The van der Waals surface area contributed by atoms with Crippen LogP contribution in [0.25, 0.3) is 12.2 Å². The van der Waals surface area contributed by atoms with Crippen molar-refractivity contribution in [1.29, 1.82) is 0 Å². The van der Waals surface area contributed by atoms with Gasteiger partial charge in [-0.05, 0) is 42.7 Å². The third kappa shape index (κ3) is 6.74. The third-order valence-electron chi connectivity index (χ3n) is 3.78. The lowest BCUT2D eigenvalue weighted by Gasteiger charge is -2.16. The van der Waals surface area contributed by atoms with Crippen molar-refractivity contribution in [3.8, 4) is 0 Å². The van der Waals surface area contributed by atoms with Gasteiger partial charge in [-0.15, -0.1) is 0 Å². The number of sulfone groups is 1. The van der Waals surface area contributed by atoms with Crippen LogP contribution in [0.1, 0.15) is 30.5 Å². The SMILES string of the molecule is CCOP(=O)(Cc1ccc(/C=C/c2ccc(S(C)(=O)=O)cc2)cc1)OCC. The highest BCUT2D eigenvalue weighted by molar-refractivity contribution is 7.90. The molecule has 0 fully saturated rings. The van der Waals surface area contributed by atoms with Gasteiger partial charge < -0.3 is 9.05 Å². The Bertz CT molecular complexity index is 906. The lowest BCUT2D eigenvalue weighted by Crippen LogP contribution is -1.99. The Morgan fingerprint density at radius 2 is 1.30 bits per heavy atom. The van der Waals surface area contributed by atoms with Crippen LogP contribution in [0.15, 0.2) is 53.4 Å². The fourth-order valence-electron chi connectivity index (χ4n) is 2.50. The van der Waals surface area contributed by atoms with Crippen LogP contribution >= 0.6 is 7.60 Å². The maximum atomic E-state index is 12.6. The first-order valence-electron chi connectivity index (χ1n) is 8.71. The van der Waals surface area contributed by atoms with E-state index in [9.17, 15) is 13.0 Å². The highest BCUT2D eigenvalue weighted by Crippen LogP contribution is 2.51. The molecule has 0 N–H and O–H groups in total. The van der Waals surface area contributed by atoms with Crippen LogP contribution < -0.4 is 0 Å². The zero-order chi connectivity index (χ0) is 19.9. The minimum absolute atomic E-state index is 0.242. The van der Waals surface area contributed by atoms with Crippen molar-refractivity contribution < 1.29 is 22.0 Å². The van der Waals surface area contributed by atoms with Gasteiger partial charge in [-0.25, -0.2) is 8.42 Å². The van der Waals surface area contributed by atoms with E-state index in [1.807, 2.05) is 36.4 Å². The van der Waals surface area contributed by atoms with Crippen LogP contribution in [0, 0.1) is 0 Å². The minimum atomic E-state index is -3.18. The summed E-state index contributed by atoms with van der Waals surface area (Å²) in [6.07, 6.45) is 5.28. The Kier molecular flexibility index (Phi) is 7.57. The normalized spacial score (nSPS) is 12.6. The maximum absolute atomic E-state index is 12.6. The van der Waals surface area contributed by atoms with E-state index in [2.05, 4.69) is 0 Å². The van der Waals surface area contributed by atoms with Gasteiger partial charge in [-0.2, -0.15) is 0 Å². The number of rotatable bonds is 9. The molecule has 2 aromatic rings. The van der Waals surface area contributed by atoms with Crippen LogP contribution in [0.4, 0.5) is 0 Å². The van der Waals surface area contributed by atoms with Crippen LogP contribution in [0.5, 0.6) is 0 Å². The lowest BCUT2D eigenvalue weighted by atomic mass is 10.1. The average Bonchev–Trinajstić information content (AvgIpc) is 2.61. The molecule has 0 amide bonds. The van der Waals surface area contributed by atoms with Crippen molar-refractivity contribution >= 4 is 29.6 Å².